The molecule has 1 aliphatic carbocycles. The maximum atomic E-state index is 4.68. The Morgan fingerprint density at radius 1 is 0.897 bits per heavy atom. The van der Waals surface area contributed by atoms with Crippen molar-refractivity contribution >= 4 is 22.0 Å². The smallest absolute Gasteiger partial charge is 0.0702 e. The van der Waals surface area contributed by atoms with Gasteiger partial charge in [-0.05, 0) is 66.0 Å². The van der Waals surface area contributed by atoms with Crippen LogP contribution in [0.5, 0.6) is 0 Å². The van der Waals surface area contributed by atoms with E-state index in [9.17, 15) is 0 Å². The van der Waals surface area contributed by atoms with Gasteiger partial charge in [0.05, 0.1) is 5.52 Å². The van der Waals surface area contributed by atoms with Gasteiger partial charge in [-0.25, -0.2) is 0 Å². The fourth-order valence-corrected chi connectivity index (χ4v) is 4.76. The molecule has 2 aliphatic rings. The summed E-state index contributed by atoms with van der Waals surface area (Å²) in [5.41, 5.74) is 6.76. The predicted molar refractivity (Wildman–Crippen MR) is 123 cm³/mol. The normalized spacial score (nSPS) is 20.3. The van der Waals surface area contributed by atoms with Crippen molar-refractivity contribution in [3.63, 3.8) is 0 Å². The molecule has 0 bridgehead atoms. The molecule has 0 fully saturated rings. The molecule has 0 N–H and O–H groups in total. The Bertz CT molecular complexity index is 1050. The van der Waals surface area contributed by atoms with Crippen LogP contribution in [-0.4, -0.2) is 29.5 Å². The van der Waals surface area contributed by atoms with Gasteiger partial charge < -0.3 is 0 Å². The van der Waals surface area contributed by atoms with Crippen LogP contribution in [0.1, 0.15) is 36.8 Å². The van der Waals surface area contributed by atoms with Crippen molar-refractivity contribution < 1.29 is 0 Å². The van der Waals surface area contributed by atoms with Crippen LogP contribution in [0.4, 0.5) is 0 Å². The van der Waals surface area contributed by atoms with Crippen LogP contribution in [0.3, 0.4) is 0 Å². The Labute approximate surface area is 173 Å². The SMILES string of the molecule is C1=C(c2cnc3ccccc3c2)CCC[C@H]1CN1CC=C(c2ccccc2)CC1. The molecule has 0 amide bonds. The van der Waals surface area contributed by atoms with Gasteiger partial charge in [0, 0.05) is 31.2 Å². The zero-order valence-electron chi connectivity index (χ0n) is 16.9. The minimum Gasteiger partial charge on any atom is -0.299 e. The monoisotopic (exact) mass is 380 g/mol. The van der Waals surface area contributed by atoms with Crippen molar-refractivity contribution in [3.8, 4) is 0 Å². The molecule has 1 aliphatic heterocycles. The molecule has 0 saturated heterocycles. The zero-order valence-corrected chi connectivity index (χ0v) is 16.9. The van der Waals surface area contributed by atoms with Gasteiger partial charge in [-0.2, -0.15) is 0 Å². The van der Waals surface area contributed by atoms with Crippen LogP contribution in [0.15, 0.2) is 79.0 Å². The van der Waals surface area contributed by atoms with Gasteiger partial charge in [0.1, 0.15) is 0 Å². The van der Waals surface area contributed by atoms with Crippen LogP contribution >= 0.6 is 0 Å². The van der Waals surface area contributed by atoms with E-state index < -0.39 is 0 Å². The molecule has 2 heterocycles. The van der Waals surface area contributed by atoms with E-state index in [0.29, 0.717) is 5.92 Å². The summed E-state index contributed by atoms with van der Waals surface area (Å²) >= 11 is 0. The Hall–Kier alpha value is -2.71. The van der Waals surface area contributed by atoms with Gasteiger partial charge in [0.25, 0.3) is 0 Å². The van der Waals surface area contributed by atoms with Crippen LogP contribution in [0, 0.1) is 5.92 Å². The van der Waals surface area contributed by atoms with E-state index in [1.165, 1.54) is 53.5 Å². The molecule has 5 rings (SSSR count). The summed E-state index contributed by atoms with van der Waals surface area (Å²) in [5, 5.41) is 1.24. The van der Waals surface area contributed by atoms with Crippen LogP contribution in [0.2, 0.25) is 0 Å². The number of hydrogen-bond acceptors (Lipinski definition) is 2. The number of pyridine rings is 1. The van der Waals surface area contributed by atoms with E-state index in [-0.39, 0.29) is 0 Å². The van der Waals surface area contributed by atoms with Crippen LogP contribution in [-0.2, 0) is 0 Å². The second-order valence-corrected chi connectivity index (χ2v) is 8.37. The number of aromatic nitrogens is 1. The predicted octanol–water partition coefficient (Wildman–Crippen LogP) is 6.21. The number of rotatable bonds is 4. The van der Waals surface area contributed by atoms with E-state index in [4.69, 9.17) is 0 Å². The fourth-order valence-electron chi connectivity index (χ4n) is 4.76. The summed E-state index contributed by atoms with van der Waals surface area (Å²) in [6, 6.07) is 21.5. The lowest BCUT2D eigenvalue weighted by Crippen LogP contribution is -2.33. The third-order valence-electron chi connectivity index (χ3n) is 6.35. The van der Waals surface area contributed by atoms with E-state index in [1.54, 1.807) is 0 Å². The Morgan fingerprint density at radius 2 is 1.76 bits per heavy atom. The highest BCUT2D eigenvalue weighted by molar-refractivity contribution is 5.82. The van der Waals surface area contributed by atoms with E-state index in [1.807, 2.05) is 0 Å². The first-order valence-corrected chi connectivity index (χ1v) is 10.9. The lowest BCUT2D eigenvalue weighted by Gasteiger charge is -2.31. The molecule has 1 atom stereocenters. The van der Waals surface area contributed by atoms with Crippen LogP contribution in [0.25, 0.3) is 22.0 Å². The molecule has 2 aromatic carbocycles. The van der Waals surface area contributed by atoms with Crippen molar-refractivity contribution in [2.24, 2.45) is 5.92 Å². The number of allylic oxidation sites excluding steroid dienone is 1. The van der Waals surface area contributed by atoms with Crippen molar-refractivity contribution in [2.45, 2.75) is 25.7 Å². The van der Waals surface area contributed by atoms with E-state index >= 15 is 0 Å². The summed E-state index contributed by atoms with van der Waals surface area (Å²) in [7, 11) is 0. The molecule has 1 aromatic heterocycles. The maximum absolute atomic E-state index is 4.68. The highest BCUT2D eigenvalue weighted by atomic mass is 15.1. The largest absolute Gasteiger partial charge is 0.299 e. The molecule has 146 valence electrons. The molecule has 2 heteroatoms. The van der Waals surface area contributed by atoms with Crippen molar-refractivity contribution in [1.29, 1.82) is 0 Å². The average molecular weight is 381 g/mol. The fraction of sp³-hybridized carbons (Fsp3) is 0.296. The molecule has 0 unspecified atom stereocenters. The molecule has 0 radical (unpaired) electrons. The van der Waals surface area contributed by atoms with Gasteiger partial charge >= 0.3 is 0 Å². The van der Waals surface area contributed by atoms with Gasteiger partial charge in [-0.3, -0.25) is 9.88 Å². The number of nitrogens with zero attached hydrogens (tertiary/aromatic N) is 2. The van der Waals surface area contributed by atoms with E-state index in [2.05, 4.69) is 88.9 Å². The number of benzene rings is 2. The molecule has 3 aromatic rings. The second kappa shape index (κ2) is 8.34. The highest BCUT2D eigenvalue weighted by Gasteiger charge is 2.20. The van der Waals surface area contributed by atoms with Crippen molar-refractivity contribution in [2.75, 3.05) is 19.6 Å². The van der Waals surface area contributed by atoms with Crippen LogP contribution < -0.4 is 0 Å². The summed E-state index contributed by atoms with van der Waals surface area (Å²) in [6.07, 6.45) is 11.9. The summed E-state index contributed by atoms with van der Waals surface area (Å²) in [5.74, 6) is 0.650. The number of hydrogen-bond donors (Lipinski definition) is 0. The van der Waals surface area contributed by atoms with E-state index in [0.717, 1.165) is 25.0 Å². The third-order valence-corrected chi connectivity index (χ3v) is 6.35. The van der Waals surface area contributed by atoms with Crippen molar-refractivity contribution in [1.82, 2.24) is 9.88 Å². The highest BCUT2D eigenvalue weighted by Crippen LogP contribution is 2.32. The average Bonchev–Trinajstić information content (AvgIpc) is 2.80. The molecule has 2 nitrogen and oxygen atoms in total. The summed E-state index contributed by atoms with van der Waals surface area (Å²) in [4.78, 5) is 7.30. The first kappa shape index (κ1) is 18.3. The summed E-state index contributed by atoms with van der Waals surface area (Å²) < 4.78 is 0. The first-order valence-electron chi connectivity index (χ1n) is 10.9. The standard InChI is InChI=1S/C27H28N2/c1-2-8-22(9-3-1)23-13-15-29(16-14-23)20-21-7-6-11-24(17-21)26-18-25-10-4-5-12-27(25)28-19-26/h1-5,8-10,12-13,17-19,21H,6-7,11,14-16,20H2/t21-/m1/s1. The Balaban J connectivity index is 1.27. The minimum absolute atomic E-state index is 0.650. The van der Waals surface area contributed by atoms with Gasteiger partial charge in [-0.15, -0.1) is 0 Å². The molecule has 29 heavy (non-hydrogen) atoms. The number of para-hydroxylation sites is 1. The summed E-state index contributed by atoms with van der Waals surface area (Å²) in [6.45, 7) is 3.41. The zero-order chi connectivity index (χ0) is 19.5. The van der Waals surface area contributed by atoms with Gasteiger partial charge in [0.2, 0.25) is 0 Å². The number of fused-ring (bicyclic) bond motifs is 1. The topological polar surface area (TPSA) is 16.1 Å². The maximum Gasteiger partial charge on any atom is 0.0702 e. The minimum atomic E-state index is 0.650. The molecular weight excluding hydrogens is 352 g/mol. The van der Waals surface area contributed by atoms with Gasteiger partial charge in [-0.1, -0.05) is 60.7 Å². The molecular formula is C27H28N2. The Kier molecular flexibility index (Phi) is 5.27. The lowest BCUT2D eigenvalue weighted by atomic mass is 9.86. The molecule has 0 spiro atoms. The lowest BCUT2D eigenvalue weighted by molar-refractivity contribution is 0.262. The second-order valence-electron chi connectivity index (χ2n) is 8.37. The third kappa shape index (κ3) is 4.18. The van der Waals surface area contributed by atoms with Gasteiger partial charge in [0.15, 0.2) is 0 Å². The van der Waals surface area contributed by atoms with Crippen molar-refractivity contribution in [3.05, 3.63) is 90.1 Å². The Morgan fingerprint density at radius 3 is 2.62 bits per heavy atom. The first-order chi connectivity index (χ1) is 14.3. The quantitative estimate of drug-likeness (QED) is 0.535. The molecule has 0 saturated carbocycles.